The molecule has 2 aromatic rings. The average molecular weight is 344 g/mol. The maximum absolute atomic E-state index is 12.8. The van der Waals surface area contributed by atoms with Gasteiger partial charge in [0.15, 0.2) is 5.82 Å². The summed E-state index contributed by atoms with van der Waals surface area (Å²) in [5, 5.41) is 6.94. The van der Waals surface area contributed by atoms with Gasteiger partial charge in [-0.1, -0.05) is 35.5 Å². The molecule has 7 heteroatoms. The van der Waals surface area contributed by atoms with Gasteiger partial charge in [0.1, 0.15) is 0 Å². The van der Waals surface area contributed by atoms with Crippen molar-refractivity contribution in [3.8, 4) is 0 Å². The van der Waals surface area contributed by atoms with Gasteiger partial charge in [0.25, 0.3) is 0 Å². The lowest BCUT2D eigenvalue weighted by molar-refractivity contribution is 0.0708. The molecular formula is C18H24N4O3. The van der Waals surface area contributed by atoms with E-state index < -0.39 is 0 Å². The number of aryl methyl sites for hydroxylation is 1. The predicted molar refractivity (Wildman–Crippen MR) is 92.1 cm³/mol. The van der Waals surface area contributed by atoms with E-state index in [0.717, 1.165) is 12.0 Å². The van der Waals surface area contributed by atoms with Crippen LogP contribution in [0.5, 0.6) is 0 Å². The van der Waals surface area contributed by atoms with Gasteiger partial charge in [-0.05, 0) is 25.8 Å². The summed E-state index contributed by atoms with van der Waals surface area (Å²) >= 11 is 0. The summed E-state index contributed by atoms with van der Waals surface area (Å²) in [4.78, 5) is 18.8. The van der Waals surface area contributed by atoms with E-state index in [1.807, 2.05) is 42.2 Å². The molecule has 25 heavy (non-hydrogen) atoms. The summed E-state index contributed by atoms with van der Waals surface area (Å²) < 4.78 is 10.9. The summed E-state index contributed by atoms with van der Waals surface area (Å²) in [6, 6.07) is 9.51. The van der Waals surface area contributed by atoms with Crippen LogP contribution >= 0.6 is 0 Å². The van der Waals surface area contributed by atoms with Crippen LogP contribution in [0.25, 0.3) is 0 Å². The van der Waals surface area contributed by atoms with Gasteiger partial charge in [-0.25, -0.2) is 4.79 Å². The van der Waals surface area contributed by atoms with Crippen LogP contribution < -0.4 is 5.32 Å². The van der Waals surface area contributed by atoms with Crippen molar-refractivity contribution in [3.63, 3.8) is 0 Å². The molecule has 1 aliphatic heterocycles. The van der Waals surface area contributed by atoms with Gasteiger partial charge < -0.3 is 19.5 Å². The minimum atomic E-state index is -0.229. The lowest BCUT2D eigenvalue weighted by Gasteiger charge is -2.26. The van der Waals surface area contributed by atoms with Crippen LogP contribution in [-0.4, -0.2) is 46.9 Å². The Labute approximate surface area is 147 Å². The molecular weight excluding hydrogens is 320 g/mol. The van der Waals surface area contributed by atoms with Crippen LogP contribution in [0.1, 0.15) is 36.7 Å². The van der Waals surface area contributed by atoms with E-state index in [9.17, 15) is 4.79 Å². The molecule has 0 bridgehead atoms. The Hall–Kier alpha value is -2.41. The highest BCUT2D eigenvalue weighted by Gasteiger charge is 2.24. The molecule has 2 atom stereocenters. The second kappa shape index (κ2) is 8.11. The molecule has 2 amide bonds. The molecule has 0 unspecified atom stereocenters. The van der Waals surface area contributed by atoms with Crippen molar-refractivity contribution in [1.29, 1.82) is 0 Å². The van der Waals surface area contributed by atoms with E-state index in [0.29, 0.717) is 37.8 Å². The van der Waals surface area contributed by atoms with Crippen molar-refractivity contribution in [1.82, 2.24) is 20.4 Å². The third-order valence-corrected chi connectivity index (χ3v) is 4.19. The molecule has 0 aliphatic carbocycles. The summed E-state index contributed by atoms with van der Waals surface area (Å²) in [7, 11) is 0. The molecule has 7 nitrogen and oxygen atoms in total. The number of nitrogens with one attached hydrogen (secondary N) is 1. The van der Waals surface area contributed by atoms with Crippen molar-refractivity contribution in [2.24, 2.45) is 0 Å². The van der Waals surface area contributed by atoms with Gasteiger partial charge in [-0.15, -0.1) is 0 Å². The Kier molecular flexibility index (Phi) is 5.65. The van der Waals surface area contributed by atoms with Crippen molar-refractivity contribution in [3.05, 3.63) is 47.6 Å². The Morgan fingerprint density at radius 2 is 2.20 bits per heavy atom. The molecule has 2 heterocycles. The monoisotopic (exact) mass is 344 g/mol. The molecule has 1 aromatic carbocycles. The number of rotatable bonds is 4. The molecule has 1 aliphatic rings. The number of urea groups is 1. The highest BCUT2D eigenvalue weighted by molar-refractivity contribution is 5.74. The Bertz CT molecular complexity index is 689. The van der Waals surface area contributed by atoms with Crippen LogP contribution in [0.2, 0.25) is 0 Å². The number of amides is 2. The normalized spacial score (nSPS) is 19.3. The van der Waals surface area contributed by atoms with Crippen LogP contribution in [0.15, 0.2) is 34.9 Å². The van der Waals surface area contributed by atoms with Gasteiger partial charge in [-0.3, -0.25) is 0 Å². The smallest absolute Gasteiger partial charge is 0.317 e. The summed E-state index contributed by atoms with van der Waals surface area (Å²) in [6.45, 7) is 5.74. The van der Waals surface area contributed by atoms with Crippen molar-refractivity contribution >= 4 is 6.03 Å². The van der Waals surface area contributed by atoms with E-state index in [1.54, 1.807) is 6.92 Å². The van der Waals surface area contributed by atoms with Gasteiger partial charge in [0.05, 0.1) is 18.6 Å². The first-order chi connectivity index (χ1) is 12.1. The maximum atomic E-state index is 12.8. The number of carbonyl (C=O) groups excluding carboxylic acids is 1. The fourth-order valence-electron chi connectivity index (χ4n) is 2.95. The molecule has 134 valence electrons. The predicted octanol–water partition coefficient (Wildman–Crippen LogP) is 2.48. The van der Waals surface area contributed by atoms with E-state index >= 15 is 0 Å². The maximum Gasteiger partial charge on any atom is 0.317 e. The topological polar surface area (TPSA) is 80.5 Å². The molecule has 1 fully saturated rings. The number of benzene rings is 1. The molecule has 0 spiro atoms. The quantitative estimate of drug-likeness (QED) is 0.921. The molecule has 0 radical (unpaired) electrons. The Morgan fingerprint density at radius 1 is 1.40 bits per heavy atom. The number of ether oxygens (including phenoxy) is 1. The van der Waals surface area contributed by atoms with E-state index in [-0.39, 0.29) is 18.2 Å². The number of nitrogens with zero attached hydrogens (tertiary/aromatic N) is 3. The summed E-state index contributed by atoms with van der Waals surface area (Å²) in [5.41, 5.74) is 1.01. The largest absolute Gasteiger partial charge is 0.377 e. The van der Waals surface area contributed by atoms with Crippen molar-refractivity contribution < 1.29 is 14.1 Å². The lowest BCUT2D eigenvalue weighted by atomic mass is 10.0. The van der Waals surface area contributed by atoms with Crippen molar-refractivity contribution in [2.45, 2.75) is 38.8 Å². The number of aromatic nitrogens is 2. The highest BCUT2D eigenvalue weighted by atomic mass is 16.5. The summed E-state index contributed by atoms with van der Waals surface area (Å²) in [6.07, 6.45) is 1.34. The van der Waals surface area contributed by atoms with Crippen LogP contribution in [0.3, 0.4) is 0 Å². The second-order valence-electron chi connectivity index (χ2n) is 6.33. The number of carbonyl (C=O) groups is 1. The first-order valence-electron chi connectivity index (χ1n) is 8.63. The fourth-order valence-corrected chi connectivity index (χ4v) is 2.95. The van der Waals surface area contributed by atoms with Gasteiger partial charge in [0, 0.05) is 19.7 Å². The standard InChI is InChI=1S/C18H24N4O3/c1-13-12-22(9-6-10-24-13)18(23)20-16(15-7-4-3-5-8-15)11-17-19-14(2)21-25-17/h3-5,7-8,13,16H,6,9-12H2,1-2H3,(H,20,23)/t13-,16+/m1/s1. The number of hydrogen-bond acceptors (Lipinski definition) is 5. The Balaban J connectivity index is 1.73. The zero-order chi connectivity index (χ0) is 17.6. The molecule has 1 aromatic heterocycles. The second-order valence-corrected chi connectivity index (χ2v) is 6.33. The Morgan fingerprint density at radius 3 is 2.92 bits per heavy atom. The SMILES string of the molecule is Cc1noc(C[C@H](NC(=O)N2CCCO[C@H](C)C2)c2ccccc2)n1. The zero-order valence-corrected chi connectivity index (χ0v) is 14.6. The molecule has 3 rings (SSSR count). The zero-order valence-electron chi connectivity index (χ0n) is 14.6. The third-order valence-electron chi connectivity index (χ3n) is 4.19. The molecule has 1 saturated heterocycles. The van der Waals surface area contributed by atoms with E-state index in [4.69, 9.17) is 9.26 Å². The molecule has 0 saturated carbocycles. The number of hydrogen-bond donors (Lipinski definition) is 1. The van der Waals surface area contributed by atoms with Crippen LogP contribution in [0.4, 0.5) is 4.79 Å². The van der Waals surface area contributed by atoms with E-state index in [2.05, 4.69) is 15.5 Å². The van der Waals surface area contributed by atoms with E-state index in [1.165, 1.54) is 0 Å². The summed E-state index contributed by atoms with van der Waals surface area (Å²) in [5.74, 6) is 1.10. The third kappa shape index (κ3) is 4.79. The van der Waals surface area contributed by atoms with Crippen LogP contribution in [0, 0.1) is 6.92 Å². The van der Waals surface area contributed by atoms with Gasteiger partial charge >= 0.3 is 6.03 Å². The first-order valence-corrected chi connectivity index (χ1v) is 8.63. The average Bonchev–Trinajstić information content (AvgIpc) is 2.89. The highest BCUT2D eigenvalue weighted by Crippen LogP contribution is 2.18. The lowest BCUT2D eigenvalue weighted by Crippen LogP contribution is -2.44. The van der Waals surface area contributed by atoms with Crippen molar-refractivity contribution in [2.75, 3.05) is 19.7 Å². The van der Waals surface area contributed by atoms with Crippen LogP contribution in [-0.2, 0) is 11.2 Å². The minimum absolute atomic E-state index is 0.0435. The van der Waals surface area contributed by atoms with Gasteiger partial charge in [0.2, 0.25) is 5.89 Å². The minimum Gasteiger partial charge on any atom is -0.377 e. The fraction of sp³-hybridized carbons (Fsp3) is 0.500. The molecule has 1 N–H and O–H groups in total. The van der Waals surface area contributed by atoms with Gasteiger partial charge in [-0.2, -0.15) is 4.98 Å². The first kappa shape index (κ1) is 17.4.